The molecule has 0 amide bonds. The van der Waals surface area contributed by atoms with Crippen molar-refractivity contribution in [3.63, 3.8) is 0 Å². The Bertz CT molecular complexity index is 616. The van der Waals surface area contributed by atoms with E-state index in [1.54, 1.807) is 6.08 Å². The van der Waals surface area contributed by atoms with Crippen molar-refractivity contribution in [2.75, 3.05) is 0 Å². The van der Waals surface area contributed by atoms with Gasteiger partial charge in [-0.3, -0.25) is 0 Å². The van der Waals surface area contributed by atoms with E-state index in [0.717, 1.165) is 41.6 Å². The van der Waals surface area contributed by atoms with Gasteiger partial charge in [0.1, 0.15) is 16.9 Å². The van der Waals surface area contributed by atoms with E-state index in [1.807, 2.05) is 31.2 Å². The van der Waals surface area contributed by atoms with Crippen LogP contribution in [0.5, 0.6) is 0 Å². The Hall–Kier alpha value is -1.86. The minimum atomic E-state index is -0.383. The largest absolute Gasteiger partial charge is 0.461 e. The Morgan fingerprint density at radius 3 is 2.88 bits per heavy atom. The van der Waals surface area contributed by atoms with Gasteiger partial charge in [-0.15, -0.1) is 0 Å². The quantitative estimate of drug-likeness (QED) is 0.582. The number of fused-ring (bicyclic) bond motifs is 1. The van der Waals surface area contributed by atoms with Crippen LogP contribution >= 0.6 is 0 Å². The Kier molecular flexibility index (Phi) is 2.17. The molecule has 3 nitrogen and oxygen atoms in total. The topological polar surface area (TPSA) is 42.6 Å². The number of carbonyl (C=O) groups excluding carboxylic acids is 1. The summed E-state index contributed by atoms with van der Waals surface area (Å²) in [5.41, 5.74) is 1.51. The normalized spacial score (nSPS) is 17.5. The van der Waals surface area contributed by atoms with Crippen LogP contribution in [0.1, 0.15) is 30.6 Å². The van der Waals surface area contributed by atoms with Gasteiger partial charge < -0.3 is 4.42 Å². The van der Waals surface area contributed by atoms with Gasteiger partial charge in [0.15, 0.2) is 0 Å². The number of isocyanates is 1. The summed E-state index contributed by atoms with van der Waals surface area (Å²) in [4.78, 5) is 14.6. The molecule has 1 saturated carbocycles. The van der Waals surface area contributed by atoms with Crippen molar-refractivity contribution in [1.29, 1.82) is 0 Å². The molecule has 0 radical (unpaired) electrons. The van der Waals surface area contributed by atoms with Gasteiger partial charge in [0.2, 0.25) is 6.08 Å². The van der Waals surface area contributed by atoms with Gasteiger partial charge in [-0.05, 0) is 32.3 Å². The number of benzene rings is 1. The maximum Gasteiger partial charge on any atom is 0.235 e. The van der Waals surface area contributed by atoms with Gasteiger partial charge in [-0.25, -0.2) is 4.79 Å². The van der Waals surface area contributed by atoms with Crippen molar-refractivity contribution in [3.05, 3.63) is 35.6 Å². The molecule has 0 saturated heterocycles. The second-order valence-corrected chi connectivity index (χ2v) is 4.67. The molecular formula is C14H13NO2. The molecule has 1 aromatic heterocycles. The highest BCUT2D eigenvalue weighted by atomic mass is 16.3. The molecule has 17 heavy (non-hydrogen) atoms. The van der Waals surface area contributed by atoms with Crippen LogP contribution in [-0.4, -0.2) is 6.08 Å². The molecule has 0 bridgehead atoms. The standard InChI is InChI=1S/C14H13NO2/c1-10-8-11-4-2-5-12(13(11)17-10)14(15-9-16)6-3-7-14/h2,4-5,8H,3,6-7H2,1H3. The second-order valence-electron chi connectivity index (χ2n) is 4.67. The van der Waals surface area contributed by atoms with E-state index < -0.39 is 0 Å². The zero-order chi connectivity index (χ0) is 11.9. The highest BCUT2D eigenvalue weighted by Gasteiger charge is 2.40. The second kappa shape index (κ2) is 3.57. The lowest BCUT2D eigenvalue weighted by molar-refractivity contribution is 0.255. The predicted octanol–water partition coefficient (Wildman–Crippen LogP) is 3.46. The summed E-state index contributed by atoms with van der Waals surface area (Å²) in [6, 6.07) is 8.03. The third kappa shape index (κ3) is 1.43. The average Bonchev–Trinajstić information content (AvgIpc) is 2.63. The lowest BCUT2D eigenvalue weighted by atomic mass is 9.72. The van der Waals surface area contributed by atoms with Crippen molar-refractivity contribution in [3.8, 4) is 0 Å². The summed E-state index contributed by atoms with van der Waals surface area (Å²) >= 11 is 0. The van der Waals surface area contributed by atoms with Gasteiger partial charge >= 0.3 is 0 Å². The molecule has 0 atom stereocenters. The van der Waals surface area contributed by atoms with E-state index in [0.29, 0.717) is 0 Å². The first-order valence-corrected chi connectivity index (χ1v) is 5.84. The molecule has 1 aliphatic carbocycles. The van der Waals surface area contributed by atoms with Crippen LogP contribution in [0.15, 0.2) is 33.7 Å². The monoisotopic (exact) mass is 227 g/mol. The minimum absolute atomic E-state index is 0.383. The summed E-state index contributed by atoms with van der Waals surface area (Å²) in [6.45, 7) is 1.93. The number of aliphatic imine (C=N–C) groups is 1. The minimum Gasteiger partial charge on any atom is -0.461 e. The van der Waals surface area contributed by atoms with E-state index in [1.165, 1.54) is 0 Å². The lowest BCUT2D eigenvalue weighted by Crippen LogP contribution is -2.31. The predicted molar refractivity (Wildman–Crippen MR) is 64.6 cm³/mol. The maximum absolute atomic E-state index is 10.6. The molecular weight excluding hydrogens is 214 g/mol. The number of nitrogens with zero attached hydrogens (tertiary/aromatic N) is 1. The fraction of sp³-hybridized carbons (Fsp3) is 0.357. The molecule has 3 heteroatoms. The Morgan fingerprint density at radius 1 is 1.41 bits per heavy atom. The van der Waals surface area contributed by atoms with Crippen LogP contribution < -0.4 is 0 Å². The number of hydrogen-bond donors (Lipinski definition) is 0. The molecule has 0 unspecified atom stereocenters. The first kappa shape index (κ1) is 10.3. The third-order valence-corrected chi connectivity index (χ3v) is 3.61. The van der Waals surface area contributed by atoms with E-state index in [9.17, 15) is 4.79 Å². The van der Waals surface area contributed by atoms with Crippen molar-refractivity contribution < 1.29 is 9.21 Å². The lowest BCUT2D eigenvalue weighted by Gasteiger charge is -2.36. The zero-order valence-electron chi connectivity index (χ0n) is 9.69. The molecule has 1 heterocycles. The van der Waals surface area contributed by atoms with E-state index in [-0.39, 0.29) is 5.54 Å². The molecule has 1 fully saturated rings. The van der Waals surface area contributed by atoms with Crippen LogP contribution in [0.3, 0.4) is 0 Å². The van der Waals surface area contributed by atoms with Crippen LogP contribution in [0.2, 0.25) is 0 Å². The summed E-state index contributed by atoms with van der Waals surface area (Å²) in [7, 11) is 0. The molecule has 1 aliphatic rings. The molecule has 0 N–H and O–H groups in total. The van der Waals surface area contributed by atoms with Crippen molar-refractivity contribution in [2.24, 2.45) is 4.99 Å². The average molecular weight is 227 g/mol. The van der Waals surface area contributed by atoms with Crippen molar-refractivity contribution >= 4 is 17.0 Å². The Labute approximate surface area is 99.1 Å². The van der Waals surface area contributed by atoms with Gasteiger partial charge in [0, 0.05) is 10.9 Å². The Morgan fingerprint density at radius 2 is 2.24 bits per heavy atom. The molecule has 0 spiro atoms. The smallest absolute Gasteiger partial charge is 0.235 e. The summed E-state index contributed by atoms with van der Waals surface area (Å²) in [5, 5.41) is 1.08. The molecule has 86 valence electrons. The molecule has 3 rings (SSSR count). The molecule has 0 aliphatic heterocycles. The maximum atomic E-state index is 10.6. The fourth-order valence-electron chi connectivity index (χ4n) is 2.60. The Balaban J connectivity index is 2.25. The number of hydrogen-bond acceptors (Lipinski definition) is 3. The van der Waals surface area contributed by atoms with Crippen LogP contribution in [0.4, 0.5) is 0 Å². The number of rotatable bonds is 2. The molecule has 1 aromatic carbocycles. The molecule has 2 aromatic rings. The van der Waals surface area contributed by atoms with Gasteiger partial charge in [-0.1, -0.05) is 18.2 Å². The third-order valence-electron chi connectivity index (χ3n) is 3.61. The first-order valence-electron chi connectivity index (χ1n) is 5.84. The van der Waals surface area contributed by atoms with Crippen LogP contribution in [-0.2, 0) is 10.3 Å². The zero-order valence-corrected chi connectivity index (χ0v) is 9.69. The fourth-order valence-corrected chi connectivity index (χ4v) is 2.60. The first-order chi connectivity index (χ1) is 8.25. The highest BCUT2D eigenvalue weighted by Crippen LogP contribution is 2.47. The van der Waals surface area contributed by atoms with E-state index in [2.05, 4.69) is 4.99 Å². The highest BCUT2D eigenvalue weighted by molar-refractivity contribution is 5.82. The van der Waals surface area contributed by atoms with E-state index in [4.69, 9.17) is 4.42 Å². The van der Waals surface area contributed by atoms with Gasteiger partial charge in [0.05, 0.1) is 0 Å². The van der Waals surface area contributed by atoms with Gasteiger partial charge in [-0.2, -0.15) is 4.99 Å². The summed E-state index contributed by atoms with van der Waals surface area (Å²) < 4.78 is 5.74. The number of para-hydroxylation sites is 1. The van der Waals surface area contributed by atoms with Crippen LogP contribution in [0, 0.1) is 6.92 Å². The number of aryl methyl sites for hydroxylation is 1. The summed E-state index contributed by atoms with van der Waals surface area (Å²) in [5.74, 6) is 0.886. The number of furan rings is 1. The van der Waals surface area contributed by atoms with Crippen molar-refractivity contribution in [2.45, 2.75) is 31.7 Å². The van der Waals surface area contributed by atoms with Gasteiger partial charge in [0.25, 0.3) is 0 Å². The van der Waals surface area contributed by atoms with Crippen LogP contribution in [0.25, 0.3) is 11.0 Å². The summed E-state index contributed by atoms with van der Waals surface area (Å²) in [6.07, 6.45) is 4.62. The SMILES string of the molecule is Cc1cc2cccc(C3(N=C=O)CCC3)c2o1. The van der Waals surface area contributed by atoms with E-state index >= 15 is 0 Å². The van der Waals surface area contributed by atoms with Crippen molar-refractivity contribution in [1.82, 2.24) is 0 Å².